The van der Waals surface area contributed by atoms with Crippen molar-refractivity contribution in [2.45, 2.75) is 45.1 Å². The van der Waals surface area contributed by atoms with Crippen molar-refractivity contribution >= 4 is 41.4 Å². The molecule has 1 aromatic heterocycles. The Hall–Kier alpha value is -2.02. The summed E-state index contributed by atoms with van der Waals surface area (Å²) in [4.78, 5) is 4.63. The van der Waals surface area contributed by atoms with Crippen LogP contribution in [0.4, 0.5) is 18.9 Å². The molecule has 0 saturated carbocycles. The zero-order valence-electron chi connectivity index (χ0n) is 18.0. The highest BCUT2D eigenvalue weighted by atomic mass is 35.5. The summed E-state index contributed by atoms with van der Waals surface area (Å²) < 4.78 is 40.9. The molecule has 1 saturated heterocycles. The van der Waals surface area contributed by atoms with E-state index in [0.29, 0.717) is 5.92 Å². The van der Waals surface area contributed by atoms with Crippen molar-refractivity contribution in [2.24, 2.45) is 0 Å². The Balaban J connectivity index is 0.00000181. The Labute approximate surface area is 199 Å². The van der Waals surface area contributed by atoms with Crippen molar-refractivity contribution in [1.29, 1.82) is 0 Å². The Kier molecular flexibility index (Phi) is 9.19. The first-order valence-corrected chi connectivity index (χ1v) is 10.4. The summed E-state index contributed by atoms with van der Waals surface area (Å²) in [7, 11) is 0. The molecule has 3 nitrogen and oxygen atoms in total. The highest BCUT2D eigenvalue weighted by Gasteiger charge is 2.21. The fourth-order valence-corrected chi connectivity index (χ4v) is 4.29. The molecule has 8 heteroatoms. The minimum absolute atomic E-state index is 0. The number of halogens is 5. The molecule has 0 bridgehead atoms. The number of anilines is 1. The van der Waals surface area contributed by atoms with Crippen LogP contribution in [0.5, 0.6) is 0 Å². The molecular formula is C24H28Cl2F3N3. The highest BCUT2D eigenvalue weighted by Crippen LogP contribution is 2.34. The van der Waals surface area contributed by atoms with E-state index in [9.17, 15) is 13.2 Å². The molecule has 1 fully saturated rings. The average Bonchev–Trinajstić information content (AvgIpc) is 2.74. The Morgan fingerprint density at radius 2 is 1.72 bits per heavy atom. The number of hydrogen-bond acceptors (Lipinski definition) is 3. The van der Waals surface area contributed by atoms with Gasteiger partial charge >= 0.3 is 0 Å². The monoisotopic (exact) mass is 485 g/mol. The molecule has 0 unspecified atom stereocenters. The topological polar surface area (TPSA) is 37.0 Å². The van der Waals surface area contributed by atoms with E-state index in [1.807, 2.05) is 19.1 Å². The Bertz CT molecular complexity index is 1060. The molecule has 32 heavy (non-hydrogen) atoms. The lowest BCUT2D eigenvalue weighted by atomic mass is 9.89. The van der Waals surface area contributed by atoms with Crippen LogP contribution in [-0.4, -0.2) is 18.1 Å². The molecule has 1 atom stereocenters. The van der Waals surface area contributed by atoms with E-state index in [2.05, 4.69) is 27.8 Å². The lowest BCUT2D eigenvalue weighted by Gasteiger charge is -2.24. The number of benzene rings is 2. The summed E-state index contributed by atoms with van der Waals surface area (Å²) in [5.74, 6) is -0.347. The van der Waals surface area contributed by atoms with Crippen molar-refractivity contribution < 1.29 is 13.2 Å². The highest BCUT2D eigenvalue weighted by molar-refractivity contribution is 5.92. The number of aryl methyl sites for hydroxylation is 1. The van der Waals surface area contributed by atoms with Gasteiger partial charge in [0.25, 0.3) is 6.43 Å². The smallest absolute Gasteiger partial charge is 0.266 e. The van der Waals surface area contributed by atoms with E-state index in [1.165, 1.54) is 11.6 Å². The molecule has 2 aromatic carbocycles. The minimum atomic E-state index is -2.84. The zero-order chi connectivity index (χ0) is 21.3. The van der Waals surface area contributed by atoms with E-state index in [1.54, 1.807) is 13.0 Å². The molecule has 2 N–H and O–H groups in total. The summed E-state index contributed by atoms with van der Waals surface area (Å²) in [5, 5.41) is 7.70. The molecule has 4 rings (SSSR count). The number of fused-ring (bicyclic) bond motifs is 1. The average molecular weight is 486 g/mol. The predicted molar refractivity (Wildman–Crippen MR) is 129 cm³/mol. The van der Waals surface area contributed by atoms with Gasteiger partial charge in [0, 0.05) is 22.3 Å². The first-order valence-electron chi connectivity index (χ1n) is 10.4. The van der Waals surface area contributed by atoms with E-state index in [0.717, 1.165) is 54.3 Å². The maximum atomic E-state index is 14.6. The standard InChI is InChI=1S/C24H26F3N3.2ClH/c1-14-12-22(30-15(2)18-4-3-5-19(23(18)25)24(26)27)20-13-17(6-7-21(20)29-14)16-8-10-28-11-9-16;;/h3-7,12-13,15-16,24,28H,8-11H2,1-2H3,(H,29,30);2*1H/t15-;;/m1../s1. The van der Waals surface area contributed by atoms with Crippen LogP contribution >= 0.6 is 24.8 Å². The summed E-state index contributed by atoms with van der Waals surface area (Å²) in [6.45, 7) is 5.72. The number of hydrogen-bond donors (Lipinski definition) is 2. The third-order valence-electron chi connectivity index (χ3n) is 5.90. The maximum absolute atomic E-state index is 14.6. The fourth-order valence-electron chi connectivity index (χ4n) is 4.29. The van der Waals surface area contributed by atoms with E-state index >= 15 is 0 Å². The van der Waals surface area contributed by atoms with Crippen molar-refractivity contribution in [3.8, 4) is 0 Å². The van der Waals surface area contributed by atoms with Crippen LogP contribution in [0.1, 0.15) is 60.5 Å². The minimum Gasteiger partial charge on any atom is -0.378 e. The molecule has 2 heterocycles. The molecular weight excluding hydrogens is 458 g/mol. The Morgan fingerprint density at radius 3 is 2.41 bits per heavy atom. The third kappa shape index (κ3) is 5.48. The normalized spacial score (nSPS) is 15.2. The number of pyridine rings is 1. The first kappa shape index (κ1) is 26.2. The van der Waals surface area contributed by atoms with Crippen LogP contribution in [0.2, 0.25) is 0 Å². The van der Waals surface area contributed by atoms with Crippen LogP contribution in [0.25, 0.3) is 10.9 Å². The van der Waals surface area contributed by atoms with Gasteiger partial charge in [-0.05, 0) is 69.5 Å². The van der Waals surface area contributed by atoms with Crippen LogP contribution in [0.15, 0.2) is 42.5 Å². The molecule has 3 aromatic rings. The summed E-state index contributed by atoms with van der Waals surface area (Å²) >= 11 is 0. The Morgan fingerprint density at radius 1 is 1.03 bits per heavy atom. The molecule has 1 aliphatic rings. The summed E-state index contributed by atoms with van der Waals surface area (Å²) in [5.41, 5.74) is 3.48. The molecule has 0 amide bonds. The molecule has 0 radical (unpaired) electrons. The lowest BCUT2D eigenvalue weighted by Crippen LogP contribution is -2.26. The number of nitrogens with one attached hydrogen (secondary N) is 2. The van der Waals surface area contributed by atoms with Gasteiger partial charge in [-0.1, -0.05) is 24.3 Å². The van der Waals surface area contributed by atoms with Gasteiger partial charge < -0.3 is 10.6 Å². The van der Waals surface area contributed by atoms with Crippen molar-refractivity contribution in [1.82, 2.24) is 10.3 Å². The van der Waals surface area contributed by atoms with Gasteiger partial charge in [-0.3, -0.25) is 4.98 Å². The van der Waals surface area contributed by atoms with Crippen LogP contribution in [-0.2, 0) is 0 Å². The number of piperidine rings is 1. The van der Waals surface area contributed by atoms with Crippen LogP contribution < -0.4 is 10.6 Å². The number of alkyl halides is 2. The van der Waals surface area contributed by atoms with Crippen molar-refractivity contribution in [3.05, 3.63) is 70.7 Å². The van der Waals surface area contributed by atoms with Crippen molar-refractivity contribution in [3.63, 3.8) is 0 Å². The largest absolute Gasteiger partial charge is 0.378 e. The second kappa shape index (κ2) is 11.2. The fraction of sp³-hybridized carbons (Fsp3) is 0.375. The van der Waals surface area contributed by atoms with Crippen molar-refractivity contribution in [2.75, 3.05) is 18.4 Å². The molecule has 174 valence electrons. The SMILES string of the molecule is Cc1cc(N[C@H](C)c2cccc(C(F)F)c2F)c2cc(C3CCNCC3)ccc2n1.Cl.Cl. The first-order chi connectivity index (χ1) is 14.4. The summed E-state index contributed by atoms with van der Waals surface area (Å²) in [6.07, 6.45) is -0.653. The number of rotatable bonds is 5. The quantitative estimate of drug-likeness (QED) is 0.404. The molecule has 0 spiro atoms. The molecule has 0 aliphatic carbocycles. The maximum Gasteiger partial charge on any atom is 0.266 e. The van der Waals surface area contributed by atoms with Gasteiger partial charge in [0.1, 0.15) is 5.82 Å². The third-order valence-corrected chi connectivity index (χ3v) is 5.90. The van der Waals surface area contributed by atoms with Gasteiger partial charge in [-0.2, -0.15) is 0 Å². The number of aromatic nitrogens is 1. The van der Waals surface area contributed by atoms with Crippen LogP contribution in [0, 0.1) is 12.7 Å². The van der Waals surface area contributed by atoms with Gasteiger partial charge in [0.2, 0.25) is 0 Å². The number of nitrogens with zero attached hydrogens (tertiary/aromatic N) is 1. The predicted octanol–water partition coefficient (Wildman–Crippen LogP) is 7.10. The van der Waals surface area contributed by atoms with E-state index < -0.39 is 23.8 Å². The lowest BCUT2D eigenvalue weighted by molar-refractivity contribution is 0.146. The second-order valence-electron chi connectivity index (χ2n) is 8.03. The van der Waals surface area contributed by atoms with E-state index in [-0.39, 0.29) is 30.4 Å². The van der Waals surface area contributed by atoms with E-state index in [4.69, 9.17) is 0 Å². The molecule has 1 aliphatic heterocycles. The van der Waals surface area contributed by atoms with Crippen LogP contribution in [0.3, 0.4) is 0 Å². The van der Waals surface area contributed by atoms with Gasteiger partial charge in [-0.25, -0.2) is 13.2 Å². The second-order valence-corrected chi connectivity index (χ2v) is 8.03. The van der Waals surface area contributed by atoms with Gasteiger partial charge in [0.15, 0.2) is 0 Å². The van der Waals surface area contributed by atoms with Gasteiger partial charge in [-0.15, -0.1) is 24.8 Å². The van der Waals surface area contributed by atoms with Gasteiger partial charge in [0.05, 0.1) is 17.1 Å². The zero-order valence-corrected chi connectivity index (χ0v) is 19.6. The summed E-state index contributed by atoms with van der Waals surface area (Å²) in [6, 6.07) is 12.0.